The number of carboxylic acid groups (broad SMARTS) is 2. The van der Waals surface area contributed by atoms with Crippen molar-refractivity contribution in [2.45, 2.75) is 12.8 Å². The lowest BCUT2D eigenvalue weighted by molar-refractivity contribution is -0.141. The molecule has 0 spiro atoms. The molecule has 0 aliphatic heterocycles. The van der Waals surface area contributed by atoms with Crippen molar-refractivity contribution in [3.8, 4) is 0 Å². The number of aliphatic carboxylic acids is 1. The summed E-state index contributed by atoms with van der Waals surface area (Å²) in [6, 6.07) is 4.65. The first-order valence-electron chi connectivity index (χ1n) is 5.56. The van der Waals surface area contributed by atoms with Crippen LogP contribution in [0.3, 0.4) is 0 Å². The number of hydrogen-bond donors (Lipinski definition) is 2. The van der Waals surface area contributed by atoms with Gasteiger partial charge in [-0.15, -0.1) is 0 Å². The molecule has 0 saturated carbocycles. The number of fused-ring (bicyclic) bond motifs is 3. The van der Waals surface area contributed by atoms with Gasteiger partial charge in [-0.3, -0.25) is 4.79 Å². The molecule has 1 heterocycles. The number of carboxylic acids is 2. The fourth-order valence-corrected chi connectivity index (χ4v) is 2.44. The van der Waals surface area contributed by atoms with Crippen LogP contribution in [-0.2, 0) is 17.6 Å². The second-order valence-electron chi connectivity index (χ2n) is 4.46. The lowest BCUT2D eigenvalue weighted by Gasteiger charge is -2.01. The van der Waals surface area contributed by atoms with E-state index in [2.05, 4.69) is 0 Å². The van der Waals surface area contributed by atoms with Crippen LogP contribution < -0.4 is 0 Å². The van der Waals surface area contributed by atoms with E-state index in [-0.39, 0.29) is 5.56 Å². The smallest absolute Gasteiger partial charge is 0.335 e. The van der Waals surface area contributed by atoms with Gasteiger partial charge in [-0.1, -0.05) is 0 Å². The van der Waals surface area contributed by atoms with Crippen molar-refractivity contribution in [3.05, 3.63) is 35.1 Å². The average molecular weight is 246 g/mol. The molecule has 0 saturated heterocycles. The molecule has 0 amide bonds. The van der Waals surface area contributed by atoms with E-state index < -0.39 is 17.9 Å². The molecule has 92 valence electrons. The molecular formula is C13H10O5. The zero-order chi connectivity index (χ0) is 12.9. The van der Waals surface area contributed by atoms with E-state index in [9.17, 15) is 9.59 Å². The molecule has 5 heteroatoms. The van der Waals surface area contributed by atoms with Gasteiger partial charge in [0.1, 0.15) is 11.3 Å². The van der Waals surface area contributed by atoms with E-state index >= 15 is 0 Å². The van der Waals surface area contributed by atoms with E-state index in [0.717, 1.165) is 5.56 Å². The molecule has 1 unspecified atom stereocenters. The Morgan fingerprint density at radius 3 is 2.67 bits per heavy atom. The van der Waals surface area contributed by atoms with Crippen LogP contribution in [-0.4, -0.2) is 22.2 Å². The van der Waals surface area contributed by atoms with Gasteiger partial charge in [0.15, 0.2) is 0 Å². The standard InChI is InChI=1S/C13H10O5/c14-12(15)6-1-2-10-8(3-6)9-4-7(13(16)17)5-11(9)18-10/h1-3,7H,4-5H2,(H,14,15)(H,16,17). The molecular weight excluding hydrogens is 236 g/mol. The Kier molecular flexibility index (Phi) is 2.16. The number of rotatable bonds is 2. The molecule has 0 radical (unpaired) electrons. The molecule has 2 aromatic rings. The molecule has 3 rings (SSSR count). The summed E-state index contributed by atoms with van der Waals surface area (Å²) in [5.41, 5.74) is 1.64. The van der Waals surface area contributed by atoms with Crippen molar-refractivity contribution in [2.75, 3.05) is 0 Å². The van der Waals surface area contributed by atoms with Crippen molar-refractivity contribution >= 4 is 22.9 Å². The maximum atomic E-state index is 10.9. The molecule has 1 aromatic heterocycles. The predicted molar refractivity (Wildman–Crippen MR) is 61.7 cm³/mol. The first kappa shape index (κ1) is 10.8. The lowest BCUT2D eigenvalue weighted by Crippen LogP contribution is -2.13. The molecule has 1 aromatic carbocycles. The third kappa shape index (κ3) is 1.48. The second-order valence-corrected chi connectivity index (χ2v) is 4.46. The number of hydrogen-bond acceptors (Lipinski definition) is 3. The number of furan rings is 1. The maximum Gasteiger partial charge on any atom is 0.335 e. The van der Waals surface area contributed by atoms with Crippen molar-refractivity contribution in [2.24, 2.45) is 5.92 Å². The average Bonchev–Trinajstić information content (AvgIpc) is 2.84. The molecule has 1 aliphatic carbocycles. The van der Waals surface area contributed by atoms with Gasteiger partial charge in [-0.05, 0) is 24.6 Å². The monoisotopic (exact) mass is 246 g/mol. The zero-order valence-electron chi connectivity index (χ0n) is 9.34. The van der Waals surface area contributed by atoms with Gasteiger partial charge in [0.2, 0.25) is 0 Å². The predicted octanol–water partition coefficient (Wildman–Crippen LogP) is 1.93. The zero-order valence-corrected chi connectivity index (χ0v) is 9.34. The van der Waals surface area contributed by atoms with Crippen LogP contribution in [0.5, 0.6) is 0 Å². The van der Waals surface area contributed by atoms with Crippen molar-refractivity contribution in [1.29, 1.82) is 0 Å². The van der Waals surface area contributed by atoms with Gasteiger partial charge < -0.3 is 14.6 Å². The van der Waals surface area contributed by atoms with Crippen LogP contribution in [0.4, 0.5) is 0 Å². The third-order valence-corrected chi connectivity index (χ3v) is 3.35. The summed E-state index contributed by atoms with van der Waals surface area (Å²) in [5, 5.41) is 18.6. The largest absolute Gasteiger partial charge is 0.481 e. The molecule has 0 fully saturated rings. The Hall–Kier alpha value is -2.30. The molecule has 1 atom stereocenters. The number of carbonyl (C=O) groups is 2. The van der Waals surface area contributed by atoms with Crippen LogP contribution in [0.15, 0.2) is 22.6 Å². The first-order valence-corrected chi connectivity index (χ1v) is 5.56. The summed E-state index contributed by atoms with van der Waals surface area (Å²) < 4.78 is 5.57. The highest BCUT2D eigenvalue weighted by Gasteiger charge is 2.32. The summed E-state index contributed by atoms with van der Waals surface area (Å²) in [4.78, 5) is 21.9. The van der Waals surface area contributed by atoms with Crippen LogP contribution in [0, 0.1) is 5.92 Å². The highest BCUT2D eigenvalue weighted by atomic mass is 16.4. The normalized spacial score (nSPS) is 17.9. The first-order chi connectivity index (χ1) is 8.56. The summed E-state index contributed by atoms with van der Waals surface area (Å²) in [7, 11) is 0. The number of aromatic carboxylic acids is 1. The molecule has 18 heavy (non-hydrogen) atoms. The Morgan fingerprint density at radius 1 is 1.22 bits per heavy atom. The minimum atomic E-state index is -1.00. The van der Waals surface area contributed by atoms with Gasteiger partial charge in [0, 0.05) is 17.4 Å². The summed E-state index contributed by atoms with van der Waals surface area (Å²) in [6.45, 7) is 0. The maximum absolute atomic E-state index is 10.9. The molecule has 1 aliphatic rings. The van der Waals surface area contributed by atoms with Gasteiger partial charge in [-0.2, -0.15) is 0 Å². The highest BCUT2D eigenvalue weighted by molar-refractivity contribution is 5.94. The molecule has 0 bridgehead atoms. The van der Waals surface area contributed by atoms with Gasteiger partial charge >= 0.3 is 11.9 Å². The van der Waals surface area contributed by atoms with Gasteiger partial charge in [0.05, 0.1) is 11.5 Å². The lowest BCUT2D eigenvalue weighted by atomic mass is 10.0. The number of benzene rings is 1. The Labute approximate surface area is 102 Å². The summed E-state index contributed by atoms with van der Waals surface area (Å²) >= 11 is 0. The van der Waals surface area contributed by atoms with Crippen molar-refractivity contribution in [3.63, 3.8) is 0 Å². The summed E-state index contributed by atoms with van der Waals surface area (Å²) in [6.07, 6.45) is 0.780. The van der Waals surface area contributed by atoms with Crippen molar-refractivity contribution < 1.29 is 24.2 Å². The topological polar surface area (TPSA) is 87.7 Å². The van der Waals surface area contributed by atoms with E-state index in [1.165, 1.54) is 6.07 Å². The van der Waals surface area contributed by atoms with Crippen LogP contribution >= 0.6 is 0 Å². The van der Waals surface area contributed by atoms with E-state index in [4.69, 9.17) is 14.6 Å². The van der Waals surface area contributed by atoms with Gasteiger partial charge in [-0.25, -0.2) is 4.79 Å². The van der Waals surface area contributed by atoms with E-state index in [1.807, 2.05) is 0 Å². The summed E-state index contributed by atoms with van der Waals surface area (Å²) in [5.74, 6) is -1.64. The molecule has 5 nitrogen and oxygen atoms in total. The van der Waals surface area contributed by atoms with E-state index in [1.54, 1.807) is 12.1 Å². The quantitative estimate of drug-likeness (QED) is 0.845. The fraction of sp³-hybridized carbons (Fsp3) is 0.231. The van der Waals surface area contributed by atoms with E-state index in [0.29, 0.717) is 29.6 Å². The second kappa shape index (κ2) is 3.60. The molecule has 2 N–H and O–H groups in total. The Balaban J connectivity index is 2.12. The van der Waals surface area contributed by atoms with Crippen LogP contribution in [0.1, 0.15) is 21.7 Å². The minimum absolute atomic E-state index is 0.185. The fourth-order valence-electron chi connectivity index (χ4n) is 2.44. The van der Waals surface area contributed by atoms with Crippen molar-refractivity contribution in [1.82, 2.24) is 0 Å². The highest BCUT2D eigenvalue weighted by Crippen LogP contribution is 2.36. The van der Waals surface area contributed by atoms with Gasteiger partial charge in [0.25, 0.3) is 0 Å². The minimum Gasteiger partial charge on any atom is -0.481 e. The van der Waals surface area contributed by atoms with Crippen LogP contribution in [0.2, 0.25) is 0 Å². The van der Waals surface area contributed by atoms with Crippen LogP contribution in [0.25, 0.3) is 11.0 Å². The Morgan fingerprint density at radius 2 is 2.00 bits per heavy atom. The Bertz CT molecular complexity index is 667. The third-order valence-electron chi connectivity index (χ3n) is 3.35. The SMILES string of the molecule is O=C(O)c1ccc2oc3c(c2c1)CC(C(=O)O)C3.